The predicted octanol–water partition coefficient (Wildman–Crippen LogP) is 2.92. The van der Waals surface area contributed by atoms with Crippen LogP contribution in [-0.4, -0.2) is 18.5 Å². The van der Waals surface area contributed by atoms with Crippen molar-refractivity contribution >= 4 is 16.5 Å². The average Bonchev–Trinajstić information content (AvgIpc) is 3.31. The van der Waals surface area contributed by atoms with E-state index >= 15 is 0 Å². The van der Waals surface area contributed by atoms with Gasteiger partial charge < -0.3 is 10.2 Å². The van der Waals surface area contributed by atoms with Crippen molar-refractivity contribution in [3.63, 3.8) is 0 Å². The molecule has 128 valence electrons. The summed E-state index contributed by atoms with van der Waals surface area (Å²) in [5, 5.41) is 16.5. The molecule has 0 fully saturated rings. The van der Waals surface area contributed by atoms with Gasteiger partial charge in [0, 0.05) is 0 Å². The summed E-state index contributed by atoms with van der Waals surface area (Å²) in [5.74, 6) is 0. The van der Waals surface area contributed by atoms with Gasteiger partial charge in [0.2, 0.25) is 0 Å². The van der Waals surface area contributed by atoms with Gasteiger partial charge in [-0.1, -0.05) is 0 Å². The van der Waals surface area contributed by atoms with Crippen LogP contribution in [0.15, 0.2) is 60.7 Å². The van der Waals surface area contributed by atoms with Crippen LogP contribution in [-0.2, 0) is 17.4 Å². The standard InChI is InChI=1S/2C9H7.C2H4.2CH3O.Ti/c2*1-2-5-9-7-3-6-8(9)4-1;3*1-2;/h2*1-7H;1H,2H3;2*1H3;/q;;;2*-1;+2. The van der Waals surface area contributed by atoms with E-state index in [9.17, 15) is 0 Å². The molecule has 0 aliphatic heterocycles. The van der Waals surface area contributed by atoms with Crippen LogP contribution in [0.25, 0.3) is 12.2 Å². The van der Waals surface area contributed by atoms with Gasteiger partial charge in [-0.2, -0.15) is 14.2 Å². The number of hydrogen-bond donors (Lipinski definition) is 0. The van der Waals surface area contributed by atoms with Crippen LogP contribution >= 0.6 is 0 Å². The fourth-order valence-corrected chi connectivity index (χ4v) is 8.30. The molecule has 2 atom stereocenters. The zero-order valence-corrected chi connectivity index (χ0v) is 16.5. The fourth-order valence-electron chi connectivity index (χ4n) is 3.63. The van der Waals surface area contributed by atoms with E-state index in [1.54, 1.807) is 11.1 Å². The summed E-state index contributed by atoms with van der Waals surface area (Å²) < 4.78 is 3.87. The van der Waals surface area contributed by atoms with Gasteiger partial charge in [-0.05, 0) is 0 Å². The smallest absolute Gasteiger partial charge is 0.153 e. The van der Waals surface area contributed by atoms with Crippen molar-refractivity contribution in [1.29, 1.82) is 0 Å². The van der Waals surface area contributed by atoms with Crippen molar-refractivity contribution in [3.8, 4) is 0 Å². The predicted molar refractivity (Wildman–Crippen MR) is 100 cm³/mol. The largest absolute Gasteiger partial charge is 0.857 e. The van der Waals surface area contributed by atoms with Crippen LogP contribution in [0.3, 0.4) is 0 Å². The molecule has 0 radical (unpaired) electrons. The van der Waals surface area contributed by atoms with Gasteiger partial charge in [-0.3, -0.25) is 0 Å². The van der Waals surface area contributed by atoms with Crippen molar-refractivity contribution < 1.29 is 27.6 Å². The molecule has 0 N–H and O–H groups in total. The Morgan fingerprint density at radius 3 is 1.52 bits per heavy atom. The molecule has 0 saturated heterocycles. The molecule has 2 aromatic carbocycles. The second-order valence-electron chi connectivity index (χ2n) is 5.72. The SMILES string of the molecule is C[CH]=[Ti+2]([CH]1C=Cc2ccccc21)[CH]1C=Cc2ccccc21.C[O-].C[O-]. The second kappa shape index (κ2) is 9.79. The summed E-state index contributed by atoms with van der Waals surface area (Å²) in [6.07, 6.45) is 9.55. The number of allylic oxidation sites excluding steroid dienone is 2. The first kappa shape index (κ1) is 19.7. The first-order valence-corrected chi connectivity index (χ1v) is 11.1. The summed E-state index contributed by atoms with van der Waals surface area (Å²) >= 11 is -1.41. The van der Waals surface area contributed by atoms with Gasteiger partial charge in [-0.15, -0.1) is 0 Å². The topological polar surface area (TPSA) is 46.1 Å². The van der Waals surface area contributed by atoms with E-state index in [0.717, 1.165) is 14.2 Å². The minimum absolute atomic E-state index is 0.659. The first-order chi connectivity index (χ1) is 12.4. The van der Waals surface area contributed by atoms with Crippen molar-refractivity contribution in [1.82, 2.24) is 0 Å². The third-order valence-corrected chi connectivity index (χ3v) is 9.51. The zero-order valence-electron chi connectivity index (χ0n) is 15.0. The Bertz CT molecular complexity index is 727. The van der Waals surface area contributed by atoms with E-state index in [-0.39, 0.29) is 0 Å². The molecule has 2 aliphatic carbocycles. The van der Waals surface area contributed by atoms with Crippen LogP contribution in [0, 0.1) is 0 Å². The number of rotatable bonds is 2. The molecule has 2 aliphatic rings. The van der Waals surface area contributed by atoms with E-state index in [0.29, 0.717) is 8.45 Å². The summed E-state index contributed by atoms with van der Waals surface area (Å²) in [7, 11) is 1.50. The van der Waals surface area contributed by atoms with Crippen molar-refractivity contribution in [2.75, 3.05) is 14.2 Å². The van der Waals surface area contributed by atoms with E-state index < -0.39 is 17.4 Å². The molecule has 3 heteroatoms. The third-order valence-electron chi connectivity index (χ3n) is 4.65. The van der Waals surface area contributed by atoms with Crippen LogP contribution in [0.5, 0.6) is 0 Å². The van der Waals surface area contributed by atoms with Crippen LogP contribution in [0.4, 0.5) is 0 Å². The molecule has 0 spiro atoms. The summed E-state index contributed by atoms with van der Waals surface area (Å²) in [5.41, 5.74) is 5.93. The summed E-state index contributed by atoms with van der Waals surface area (Å²) in [6, 6.07) is 17.8. The molecule has 0 saturated carbocycles. The van der Waals surface area contributed by atoms with E-state index in [1.165, 1.54) is 11.1 Å². The molecule has 2 aromatic rings. The normalized spacial score (nSPS) is 17.9. The first-order valence-electron chi connectivity index (χ1n) is 8.40. The zero-order chi connectivity index (χ0) is 18.2. The number of benzene rings is 2. The molecule has 25 heavy (non-hydrogen) atoms. The third kappa shape index (κ3) is 3.99. The molecule has 2 nitrogen and oxygen atoms in total. The maximum absolute atomic E-state index is 8.25. The molecular formula is C22H24O2Ti. The second-order valence-corrected chi connectivity index (χ2v) is 10.1. The molecule has 0 heterocycles. The van der Waals surface area contributed by atoms with Gasteiger partial charge in [0.05, 0.1) is 0 Å². The Morgan fingerprint density at radius 2 is 1.12 bits per heavy atom. The molecule has 0 amide bonds. The Kier molecular flexibility index (Phi) is 7.73. The van der Waals surface area contributed by atoms with Crippen molar-refractivity contribution in [3.05, 3.63) is 82.9 Å². The van der Waals surface area contributed by atoms with E-state index in [2.05, 4.69) is 84.1 Å². The Morgan fingerprint density at radius 1 is 0.720 bits per heavy atom. The van der Waals surface area contributed by atoms with Crippen LogP contribution in [0.1, 0.15) is 37.6 Å². The minimum Gasteiger partial charge on any atom is -0.857 e. The fraction of sp³-hybridized carbons (Fsp3) is 0.227. The van der Waals surface area contributed by atoms with Crippen molar-refractivity contribution in [2.45, 2.75) is 15.4 Å². The Labute approximate surface area is 156 Å². The molecule has 4 rings (SSSR count). The van der Waals surface area contributed by atoms with Gasteiger partial charge in [0.1, 0.15) is 0 Å². The van der Waals surface area contributed by atoms with Crippen molar-refractivity contribution in [2.24, 2.45) is 0 Å². The number of fused-ring (bicyclic) bond motifs is 2. The minimum atomic E-state index is -1.41. The average molecular weight is 368 g/mol. The molecular weight excluding hydrogens is 344 g/mol. The van der Waals surface area contributed by atoms with Gasteiger partial charge in [-0.25, -0.2) is 0 Å². The van der Waals surface area contributed by atoms with Crippen LogP contribution < -0.4 is 10.2 Å². The molecule has 2 unspecified atom stereocenters. The number of hydrogen-bond acceptors (Lipinski definition) is 2. The summed E-state index contributed by atoms with van der Waals surface area (Å²) in [6.45, 7) is 2.28. The van der Waals surface area contributed by atoms with E-state index in [1.807, 2.05) is 0 Å². The quantitative estimate of drug-likeness (QED) is 0.766. The maximum Gasteiger partial charge on any atom is -0.153 e. The maximum atomic E-state index is 8.25. The molecule has 0 aromatic heterocycles. The van der Waals surface area contributed by atoms with Gasteiger partial charge in [0.25, 0.3) is 0 Å². The van der Waals surface area contributed by atoms with Gasteiger partial charge in [0.15, 0.2) is 0 Å². The Hall–Kier alpha value is -1.58. The summed E-state index contributed by atoms with van der Waals surface area (Å²) in [4.78, 5) is 0. The van der Waals surface area contributed by atoms with E-state index in [4.69, 9.17) is 10.2 Å². The van der Waals surface area contributed by atoms with Gasteiger partial charge >= 0.3 is 132 Å². The monoisotopic (exact) mass is 368 g/mol. The Balaban J connectivity index is 0.000000528. The van der Waals surface area contributed by atoms with Crippen LogP contribution in [0.2, 0.25) is 0 Å². The molecule has 0 bridgehead atoms.